The fourth-order valence-electron chi connectivity index (χ4n) is 4.09. The van der Waals surface area contributed by atoms with Crippen molar-refractivity contribution in [3.05, 3.63) is 80.0 Å². The predicted octanol–water partition coefficient (Wildman–Crippen LogP) is 2.40. The molecule has 0 saturated carbocycles. The summed E-state index contributed by atoms with van der Waals surface area (Å²) in [6, 6.07) is 12.1. The maximum absolute atomic E-state index is 13.4. The lowest BCUT2D eigenvalue weighted by Crippen LogP contribution is -2.32. The molecule has 0 fully saturated rings. The Hall–Kier alpha value is -4.21. The molecule has 2 aromatic heterocycles. The summed E-state index contributed by atoms with van der Waals surface area (Å²) in [4.78, 5) is 52.1. The molecule has 2 amide bonds. The molecule has 0 radical (unpaired) electrons. The van der Waals surface area contributed by atoms with E-state index in [9.17, 15) is 19.2 Å². The van der Waals surface area contributed by atoms with Gasteiger partial charge in [0.15, 0.2) is 0 Å². The number of hydrogen-bond acceptors (Lipinski definition) is 5. The Bertz CT molecular complexity index is 1590. The number of hydrogen-bond donors (Lipinski definition) is 2. The summed E-state index contributed by atoms with van der Waals surface area (Å²) in [6.45, 7) is 10.1. The number of rotatable bonds is 8. The maximum Gasteiger partial charge on any atom is 0.352 e. The van der Waals surface area contributed by atoms with Crippen molar-refractivity contribution in [1.82, 2.24) is 29.4 Å². The lowest BCUT2D eigenvalue weighted by molar-refractivity contribution is -0.122. The summed E-state index contributed by atoms with van der Waals surface area (Å²) < 4.78 is 3.76. The molecule has 4 aromatic rings. The molecule has 2 aromatic carbocycles. The minimum atomic E-state index is -0.570. The standard InChI is InChI=1S/C27H32N6O4/c1-16(2)13-29-24(35)20-10-11-21-22(12-20)33-26(32(17(3)4)25(21)36)30-31(27(33)37)15-23(34)28-14-19-8-6-18(5)7-9-19/h6-12,16-17H,13-15H2,1-5H3,(H,28,34)(H,29,35). The van der Waals surface area contributed by atoms with E-state index in [0.717, 1.165) is 15.8 Å². The minimum absolute atomic E-state index is 0.114. The molecule has 0 aliphatic rings. The zero-order chi connectivity index (χ0) is 26.9. The highest BCUT2D eigenvalue weighted by Crippen LogP contribution is 2.16. The van der Waals surface area contributed by atoms with Gasteiger partial charge >= 0.3 is 5.69 Å². The Labute approximate surface area is 213 Å². The second kappa shape index (κ2) is 10.4. The van der Waals surface area contributed by atoms with E-state index in [1.165, 1.54) is 15.0 Å². The van der Waals surface area contributed by atoms with Gasteiger partial charge in [0.2, 0.25) is 11.7 Å². The second-order valence-corrected chi connectivity index (χ2v) is 9.94. The van der Waals surface area contributed by atoms with E-state index in [1.807, 2.05) is 58.9 Å². The Balaban J connectivity index is 1.74. The van der Waals surface area contributed by atoms with E-state index in [0.29, 0.717) is 18.7 Å². The topological polar surface area (TPSA) is 120 Å². The van der Waals surface area contributed by atoms with Crippen LogP contribution in [0.3, 0.4) is 0 Å². The second-order valence-electron chi connectivity index (χ2n) is 9.94. The van der Waals surface area contributed by atoms with Crippen LogP contribution in [0.5, 0.6) is 0 Å². The number of aromatic nitrogens is 4. The van der Waals surface area contributed by atoms with Gasteiger partial charge in [-0.1, -0.05) is 43.7 Å². The predicted molar refractivity (Wildman–Crippen MR) is 142 cm³/mol. The Morgan fingerprint density at radius 3 is 2.32 bits per heavy atom. The fraction of sp³-hybridized carbons (Fsp3) is 0.370. The van der Waals surface area contributed by atoms with Gasteiger partial charge in [-0.2, -0.15) is 0 Å². The van der Waals surface area contributed by atoms with Crippen LogP contribution >= 0.6 is 0 Å². The average molecular weight is 505 g/mol. The van der Waals surface area contributed by atoms with Crippen molar-refractivity contribution >= 4 is 28.5 Å². The average Bonchev–Trinajstić information content (AvgIpc) is 3.16. The molecule has 0 saturated heterocycles. The van der Waals surface area contributed by atoms with Crippen molar-refractivity contribution in [2.24, 2.45) is 5.92 Å². The smallest absolute Gasteiger partial charge is 0.352 e. The zero-order valence-corrected chi connectivity index (χ0v) is 21.7. The third-order valence-corrected chi connectivity index (χ3v) is 6.08. The quantitative estimate of drug-likeness (QED) is 0.382. The number of nitrogens with one attached hydrogen (secondary N) is 2. The van der Waals surface area contributed by atoms with Gasteiger partial charge in [0, 0.05) is 24.7 Å². The van der Waals surface area contributed by atoms with Gasteiger partial charge < -0.3 is 10.6 Å². The Morgan fingerprint density at radius 1 is 0.973 bits per heavy atom. The molecule has 0 aliphatic heterocycles. The van der Waals surface area contributed by atoms with Crippen molar-refractivity contribution in [1.29, 1.82) is 0 Å². The minimum Gasteiger partial charge on any atom is -0.352 e. The largest absolute Gasteiger partial charge is 0.352 e. The molecule has 10 heteroatoms. The number of amides is 2. The molecule has 4 rings (SSSR count). The summed E-state index contributed by atoms with van der Waals surface area (Å²) >= 11 is 0. The lowest BCUT2D eigenvalue weighted by Gasteiger charge is -2.13. The van der Waals surface area contributed by atoms with Crippen molar-refractivity contribution in [3.63, 3.8) is 0 Å². The van der Waals surface area contributed by atoms with Gasteiger partial charge in [-0.05, 0) is 50.5 Å². The SMILES string of the molecule is Cc1ccc(CNC(=O)Cn2nc3n(C(C)C)c(=O)c4ccc(C(=O)NCC(C)C)cc4n3c2=O)cc1. The van der Waals surface area contributed by atoms with Crippen LogP contribution in [0.1, 0.15) is 55.2 Å². The molecule has 2 heterocycles. The van der Waals surface area contributed by atoms with Crippen LogP contribution in [0.4, 0.5) is 0 Å². The molecule has 0 unspecified atom stereocenters. The number of benzene rings is 2. The van der Waals surface area contributed by atoms with E-state index >= 15 is 0 Å². The number of nitrogens with zero attached hydrogens (tertiary/aromatic N) is 4. The molecule has 0 aliphatic carbocycles. The van der Waals surface area contributed by atoms with E-state index < -0.39 is 5.69 Å². The third kappa shape index (κ3) is 5.32. The molecule has 0 atom stereocenters. The van der Waals surface area contributed by atoms with Crippen molar-refractivity contribution < 1.29 is 9.59 Å². The van der Waals surface area contributed by atoms with E-state index in [4.69, 9.17) is 0 Å². The van der Waals surface area contributed by atoms with Crippen LogP contribution in [0, 0.1) is 12.8 Å². The highest BCUT2D eigenvalue weighted by molar-refractivity contribution is 5.98. The number of carbonyl (C=O) groups excluding carboxylic acids is 2. The van der Waals surface area contributed by atoms with Crippen molar-refractivity contribution in [2.75, 3.05) is 6.54 Å². The van der Waals surface area contributed by atoms with Gasteiger partial charge in [-0.3, -0.25) is 19.0 Å². The fourth-order valence-corrected chi connectivity index (χ4v) is 4.09. The zero-order valence-electron chi connectivity index (χ0n) is 21.7. The van der Waals surface area contributed by atoms with Crippen LogP contribution in [-0.4, -0.2) is 37.1 Å². The molecule has 37 heavy (non-hydrogen) atoms. The first-order valence-corrected chi connectivity index (χ1v) is 12.3. The molecular weight excluding hydrogens is 472 g/mol. The normalized spacial score (nSPS) is 11.5. The lowest BCUT2D eigenvalue weighted by atomic mass is 10.1. The van der Waals surface area contributed by atoms with Gasteiger partial charge in [-0.15, -0.1) is 5.10 Å². The van der Waals surface area contributed by atoms with E-state index in [-0.39, 0.29) is 52.6 Å². The number of aryl methyl sites for hydroxylation is 1. The van der Waals surface area contributed by atoms with Crippen LogP contribution < -0.4 is 21.9 Å². The Kier molecular flexibility index (Phi) is 7.28. The molecule has 194 valence electrons. The number of fused-ring (bicyclic) bond motifs is 3. The highest BCUT2D eigenvalue weighted by Gasteiger charge is 2.21. The first-order valence-electron chi connectivity index (χ1n) is 12.3. The third-order valence-electron chi connectivity index (χ3n) is 6.08. The highest BCUT2D eigenvalue weighted by atomic mass is 16.2. The van der Waals surface area contributed by atoms with E-state index in [2.05, 4.69) is 15.7 Å². The molecule has 10 nitrogen and oxygen atoms in total. The van der Waals surface area contributed by atoms with Crippen LogP contribution in [-0.2, 0) is 17.9 Å². The van der Waals surface area contributed by atoms with E-state index in [1.54, 1.807) is 12.1 Å². The van der Waals surface area contributed by atoms with Gasteiger partial charge in [-0.25, -0.2) is 13.9 Å². The molecular formula is C27H32N6O4. The summed E-state index contributed by atoms with van der Waals surface area (Å²) in [5.41, 5.74) is 1.75. The summed E-state index contributed by atoms with van der Waals surface area (Å²) in [6.07, 6.45) is 0. The summed E-state index contributed by atoms with van der Waals surface area (Å²) in [5.74, 6) is -0.300. The monoisotopic (exact) mass is 504 g/mol. The summed E-state index contributed by atoms with van der Waals surface area (Å²) in [5, 5.41) is 10.3. The molecule has 2 N–H and O–H groups in total. The molecule has 0 bridgehead atoms. The maximum atomic E-state index is 13.4. The van der Waals surface area contributed by atoms with Gasteiger partial charge in [0.05, 0.1) is 10.9 Å². The molecule has 0 spiro atoms. The first kappa shape index (κ1) is 25.9. The van der Waals surface area contributed by atoms with Crippen LogP contribution in [0.25, 0.3) is 16.7 Å². The van der Waals surface area contributed by atoms with Gasteiger partial charge in [0.1, 0.15) is 6.54 Å². The van der Waals surface area contributed by atoms with Crippen LogP contribution in [0.2, 0.25) is 0 Å². The first-order chi connectivity index (χ1) is 17.6. The Morgan fingerprint density at radius 2 is 1.68 bits per heavy atom. The van der Waals surface area contributed by atoms with Crippen molar-refractivity contribution in [3.8, 4) is 0 Å². The van der Waals surface area contributed by atoms with Crippen LogP contribution in [0.15, 0.2) is 52.1 Å². The van der Waals surface area contributed by atoms with Gasteiger partial charge in [0.25, 0.3) is 11.5 Å². The van der Waals surface area contributed by atoms with Crippen molar-refractivity contribution in [2.45, 2.75) is 53.8 Å². The number of carbonyl (C=O) groups is 2. The summed E-state index contributed by atoms with van der Waals surface area (Å²) in [7, 11) is 0.